The molecule has 1 fully saturated rings. The molecule has 240 valence electrons. The van der Waals surface area contributed by atoms with E-state index >= 15 is 0 Å². The lowest BCUT2D eigenvalue weighted by Crippen LogP contribution is -2.51. The number of nitrogens with one attached hydrogen (secondary N) is 3. The molecule has 1 saturated carbocycles. The van der Waals surface area contributed by atoms with Crippen LogP contribution in [0.15, 0.2) is 65.9 Å². The monoisotopic (exact) mass is 617 g/mol. The van der Waals surface area contributed by atoms with Crippen molar-refractivity contribution in [2.45, 2.75) is 78.1 Å². The third kappa shape index (κ3) is 7.25. The Morgan fingerprint density at radius 1 is 1.02 bits per heavy atom. The predicted octanol–water partition coefficient (Wildman–Crippen LogP) is 6.72. The van der Waals surface area contributed by atoms with Crippen molar-refractivity contribution in [1.82, 2.24) is 25.5 Å². The Bertz CT molecular complexity index is 1690. The molecule has 1 aliphatic carbocycles. The van der Waals surface area contributed by atoms with E-state index < -0.39 is 5.41 Å². The van der Waals surface area contributed by atoms with Gasteiger partial charge < -0.3 is 15.2 Å². The number of H-pyrrole nitrogens is 1. The SMILES string of the molecule is CCN(CC)C(=O)C1(c2ccc3[nH]c(-c4cc(C)cc(C)c4)c(CCNC(=NCCCCc4ccncc4)NC#N)c3c2)CCC1. The molecule has 4 aromatic rings. The maximum atomic E-state index is 13.8. The molecule has 46 heavy (non-hydrogen) atoms. The Kier molecular flexibility index (Phi) is 10.7. The third-order valence-corrected chi connectivity index (χ3v) is 9.37. The van der Waals surface area contributed by atoms with Crippen molar-refractivity contribution in [3.8, 4) is 17.5 Å². The fourth-order valence-corrected chi connectivity index (χ4v) is 6.82. The van der Waals surface area contributed by atoms with Gasteiger partial charge in [-0.3, -0.25) is 20.1 Å². The van der Waals surface area contributed by atoms with Crippen LogP contribution in [0.1, 0.15) is 73.8 Å². The molecule has 0 atom stereocenters. The number of carbonyl (C=O) groups is 1. The van der Waals surface area contributed by atoms with Crippen LogP contribution in [0.3, 0.4) is 0 Å². The van der Waals surface area contributed by atoms with E-state index in [0.717, 1.165) is 85.8 Å². The molecule has 1 amide bonds. The molecule has 1 aliphatic rings. The van der Waals surface area contributed by atoms with Crippen molar-refractivity contribution >= 4 is 22.8 Å². The van der Waals surface area contributed by atoms with E-state index in [4.69, 9.17) is 0 Å². The van der Waals surface area contributed by atoms with Gasteiger partial charge in [-0.1, -0.05) is 29.7 Å². The number of likely N-dealkylation sites (N-methyl/N-ethyl adjacent to an activating group) is 1. The van der Waals surface area contributed by atoms with E-state index in [1.54, 1.807) is 0 Å². The minimum atomic E-state index is -0.443. The fraction of sp³-hybridized carbons (Fsp3) is 0.421. The number of nitrogens with zero attached hydrogens (tertiary/aromatic N) is 4. The second-order valence-corrected chi connectivity index (χ2v) is 12.5. The van der Waals surface area contributed by atoms with Crippen LogP contribution in [0.25, 0.3) is 22.2 Å². The summed E-state index contributed by atoms with van der Waals surface area (Å²) in [5, 5.41) is 16.7. The molecule has 0 bridgehead atoms. The summed E-state index contributed by atoms with van der Waals surface area (Å²) < 4.78 is 0. The number of guanidine groups is 1. The summed E-state index contributed by atoms with van der Waals surface area (Å²) in [5.41, 5.74) is 8.90. The van der Waals surface area contributed by atoms with Crippen LogP contribution in [-0.2, 0) is 23.1 Å². The van der Waals surface area contributed by atoms with Crippen molar-refractivity contribution in [2.75, 3.05) is 26.2 Å². The van der Waals surface area contributed by atoms with Crippen LogP contribution in [0.2, 0.25) is 0 Å². The zero-order valence-electron chi connectivity index (χ0n) is 27.7. The van der Waals surface area contributed by atoms with Crippen LogP contribution < -0.4 is 10.6 Å². The first-order chi connectivity index (χ1) is 22.4. The van der Waals surface area contributed by atoms with Crippen LogP contribution in [-0.4, -0.2) is 52.9 Å². The van der Waals surface area contributed by atoms with Crippen LogP contribution in [0.5, 0.6) is 0 Å². The zero-order valence-corrected chi connectivity index (χ0v) is 27.7. The van der Waals surface area contributed by atoms with Crippen molar-refractivity contribution in [3.63, 3.8) is 0 Å². The highest BCUT2D eigenvalue weighted by Gasteiger charge is 2.47. The average molecular weight is 618 g/mol. The van der Waals surface area contributed by atoms with Gasteiger partial charge in [-0.2, -0.15) is 5.26 Å². The molecule has 0 unspecified atom stereocenters. The first-order valence-corrected chi connectivity index (χ1v) is 16.7. The van der Waals surface area contributed by atoms with E-state index in [2.05, 4.69) is 89.7 Å². The zero-order chi connectivity index (χ0) is 32.5. The number of nitriles is 1. The molecular formula is C38H47N7O. The van der Waals surface area contributed by atoms with Gasteiger partial charge in [-0.15, -0.1) is 0 Å². The van der Waals surface area contributed by atoms with Gasteiger partial charge in [-0.25, -0.2) is 0 Å². The Morgan fingerprint density at radius 2 is 1.76 bits per heavy atom. The topological polar surface area (TPSA) is 109 Å². The Hall–Kier alpha value is -4.64. The highest BCUT2D eigenvalue weighted by molar-refractivity contribution is 5.95. The smallest absolute Gasteiger partial charge is 0.233 e. The Morgan fingerprint density at radius 3 is 2.41 bits per heavy atom. The first-order valence-electron chi connectivity index (χ1n) is 16.7. The minimum absolute atomic E-state index is 0.251. The number of benzene rings is 2. The average Bonchev–Trinajstić information content (AvgIpc) is 3.39. The highest BCUT2D eigenvalue weighted by Crippen LogP contribution is 2.46. The number of unbranched alkanes of at least 4 members (excludes halogenated alkanes) is 1. The van der Waals surface area contributed by atoms with Crippen LogP contribution >= 0.6 is 0 Å². The van der Waals surface area contributed by atoms with Gasteiger partial charge in [-0.05, 0) is 125 Å². The van der Waals surface area contributed by atoms with Gasteiger partial charge in [0.25, 0.3) is 0 Å². The molecule has 0 aliphatic heterocycles. The molecule has 5 rings (SSSR count). The molecule has 3 N–H and O–H groups in total. The number of aryl methyl sites for hydroxylation is 3. The first kappa shape index (κ1) is 32.7. The van der Waals surface area contributed by atoms with Gasteiger partial charge in [0.1, 0.15) is 0 Å². The van der Waals surface area contributed by atoms with Crippen LogP contribution in [0, 0.1) is 25.3 Å². The summed E-state index contributed by atoms with van der Waals surface area (Å²) in [6, 6.07) is 17.3. The number of hydrogen-bond donors (Lipinski definition) is 3. The number of hydrogen-bond acceptors (Lipinski definition) is 4. The normalized spacial score (nSPS) is 14.0. The number of fused-ring (bicyclic) bond motifs is 1. The Labute approximate surface area is 273 Å². The lowest BCUT2D eigenvalue weighted by atomic mass is 9.63. The molecule has 0 saturated heterocycles. The molecular weight excluding hydrogens is 570 g/mol. The third-order valence-electron chi connectivity index (χ3n) is 9.37. The lowest BCUT2D eigenvalue weighted by molar-refractivity contribution is -0.140. The maximum Gasteiger partial charge on any atom is 0.233 e. The standard InChI is InChI=1S/C38H47N7O/c1-5-45(6-2)36(46)38(16-9-17-38)31-11-12-34-33(25-31)32(35(44-34)30-23-27(3)22-28(4)24-30)15-21-42-37(43-26-39)41-18-8-7-10-29-13-19-40-20-14-29/h11-14,19-20,22-25,44H,5-10,15-18,21H2,1-4H3,(H2,41,42,43). The summed E-state index contributed by atoms with van der Waals surface area (Å²) >= 11 is 0. The largest absolute Gasteiger partial charge is 0.355 e. The molecule has 2 heterocycles. The number of aliphatic imine (C=N–C) groups is 1. The highest BCUT2D eigenvalue weighted by atomic mass is 16.2. The summed E-state index contributed by atoms with van der Waals surface area (Å²) in [4.78, 5) is 28.2. The summed E-state index contributed by atoms with van der Waals surface area (Å²) in [7, 11) is 0. The van der Waals surface area contributed by atoms with Gasteiger partial charge in [0.2, 0.25) is 11.9 Å². The lowest BCUT2D eigenvalue weighted by Gasteiger charge is -2.43. The summed E-state index contributed by atoms with van der Waals surface area (Å²) in [6.45, 7) is 11.1. The number of carbonyl (C=O) groups excluding carboxylic acids is 1. The molecule has 2 aromatic heterocycles. The van der Waals surface area contributed by atoms with Gasteiger partial charge in [0.05, 0.1) is 5.41 Å². The van der Waals surface area contributed by atoms with Crippen molar-refractivity contribution in [3.05, 3.63) is 88.7 Å². The van der Waals surface area contributed by atoms with E-state index in [1.165, 1.54) is 22.3 Å². The quantitative estimate of drug-likeness (QED) is 0.0508. The molecule has 0 radical (unpaired) electrons. The summed E-state index contributed by atoms with van der Waals surface area (Å²) in [6.07, 6.45) is 12.2. The predicted molar refractivity (Wildman–Crippen MR) is 187 cm³/mol. The van der Waals surface area contributed by atoms with E-state index in [0.29, 0.717) is 19.0 Å². The number of rotatable bonds is 13. The molecule has 2 aromatic carbocycles. The number of pyridine rings is 1. The number of amides is 1. The van der Waals surface area contributed by atoms with E-state index in [-0.39, 0.29) is 5.91 Å². The summed E-state index contributed by atoms with van der Waals surface area (Å²) in [5.74, 6) is 0.749. The maximum absolute atomic E-state index is 13.8. The second kappa shape index (κ2) is 15.1. The van der Waals surface area contributed by atoms with Crippen molar-refractivity contribution in [2.24, 2.45) is 4.99 Å². The molecule has 8 nitrogen and oxygen atoms in total. The van der Waals surface area contributed by atoms with Crippen molar-refractivity contribution < 1.29 is 4.79 Å². The minimum Gasteiger partial charge on any atom is -0.355 e. The van der Waals surface area contributed by atoms with Gasteiger partial charge in [0.15, 0.2) is 6.19 Å². The van der Waals surface area contributed by atoms with Crippen LogP contribution in [0.4, 0.5) is 0 Å². The van der Waals surface area contributed by atoms with Gasteiger partial charge in [0, 0.05) is 55.2 Å². The number of aromatic nitrogens is 2. The van der Waals surface area contributed by atoms with Crippen molar-refractivity contribution in [1.29, 1.82) is 5.26 Å². The Balaban J connectivity index is 1.39. The molecule has 0 spiro atoms. The second-order valence-electron chi connectivity index (χ2n) is 12.5. The van der Waals surface area contributed by atoms with E-state index in [9.17, 15) is 10.1 Å². The van der Waals surface area contributed by atoms with Gasteiger partial charge >= 0.3 is 0 Å². The van der Waals surface area contributed by atoms with E-state index in [1.807, 2.05) is 35.6 Å². The fourth-order valence-electron chi connectivity index (χ4n) is 6.82. The number of aromatic amines is 1. The molecule has 8 heteroatoms.